The zero-order valence-electron chi connectivity index (χ0n) is 29.9. The fourth-order valence-corrected chi connectivity index (χ4v) is 9.83. The lowest BCUT2D eigenvalue weighted by Gasteiger charge is -2.14. The van der Waals surface area contributed by atoms with Crippen LogP contribution in [0.4, 0.5) is 0 Å². The van der Waals surface area contributed by atoms with Gasteiger partial charge in [-0.2, -0.15) is 0 Å². The number of benzene rings is 7. The highest BCUT2D eigenvalue weighted by Crippen LogP contribution is 2.41. The summed E-state index contributed by atoms with van der Waals surface area (Å²) in [6.45, 7) is 0. The zero-order valence-corrected chi connectivity index (χ0v) is 31.6. The molecule has 0 atom stereocenters. The van der Waals surface area contributed by atoms with Crippen molar-refractivity contribution >= 4 is 63.0 Å². The molecule has 0 spiro atoms. The van der Waals surface area contributed by atoms with E-state index in [1.165, 1.54) is 51.5 Å². The van der Waals surface area contributed by atoms with Crippen LogP contribution in [0.5, 0.6) is 0 Å². The molecule has 4 heterocycles. The van der Waals surface area contributed by atoms with Crippen molar-refractivity contribution < 1.29 is 0 Å². The highest BCUT2D eigenvalue weighted by Gasteiger charge is 2.16. The molecule has 262 valence electrons. The van der Waals surface area contributed by atoms with Crippen molar-refractivity contribution in [3.8, 4) is 67.4 Å². The Labute approximate surface area is 331 Å². The van der Waals surface area contributed by atoms with Gasteiger partial charge in [0.1, 0.15) is 6.33 Å². The van der Waals surface area contributed by atoms with Crippen LogP contribution < -0.4 is 0 Å². The second-order valence-electron chi connectivity index (χ2n) is 13.9. The standard InChI is InChI=1S/C50H30N4S2/c1-2-8-31(9-3-1)44-29-45(54-50(53-44)33-16-14-32(15-17-33)43-22-23-51-30-52-43)38-25-36(34-18-20-48-41(27-34)39-10-4-6-12-46(39)55-48)24-37(26-38)35-19-21-49-42(28-35)40-11-5-7-13-47(40)56-49/h1-30H. The fourth-order valence-electron chi connectivity index (χ4n) is 7.65. The highest BCUT2D eigenvalue weighted by molar-refractivity contribution is 7.26. The molecule has 0 aliphatic carbocycles. The van der Waals surface area contributed by atoms with Crippen molar-refractivity contribution in [2.75, 3.05) is 0 Å². The van der Waals surface area contributed by atoms with E-state index in [2.05, 4.69) is 168 Å². The number of nitrogens with zero attached hydrogens (tertiary/aromatic N) is 4. The molecule has 0 bridgehead atoms. The van der Waals surface area contributed by atoms with E-state index < -0.39 is 0 Å². The van der Waals surface area contributed by atoms with Crippen LogP contribution in [0.15, 0.2) is 182 Å². The molecule has 11 aromatic rings. The Bertz CT molecular complexity index is 3110. The number of fused-ring (bicyclic) bond motifs is 6. The molecule has 56 heavy (non-hydrogen) atoms. The molecule has 0 saturated heterocycles. The second-order valence-corrected chi connectivity index (χ2v) is 16.1. The Morgan fingerprint density at radius 3 is 1.43 bits per heavy atom. The van der Waals surface area contributed by atoms with Crippen molar-refractivity contribution in [2.24, 2.45) is 0 Å². The molecule has 0 amide bonds. The smallest absolute Gasteiger partial charge is 0.160 e. The molecular weight excluding hydrogens is 721 g/mol. The van der Waals surface area contributed by atoms with Gasteiger partial charge >= 0.3 is 0 Å². The third kappa shape index (κ3) is 5.84. The van der Waals surface area contributed by atoms with Crippen LogP contribution in [0.3, 0.4) is 0 Å². The van der Waals surface area contributed by atoms with E-state index >= 15 is 0 Å². The maximum atomic E-state index is 5.30. The summed E-state index contributed by atoms with van der Waals surface area (Å²) in [7, 11) is 0. The number of thiophene rings is 2. The largest absolute Gasteiger partial charge is 0.245 e. The number of hydrogen-bond donors (Lipinski definition) is 0. The van der Waals surface area contributed by atoms with Gasteiger partial charge in [-0.05, 0) is 89.0 Å². The van der Waals surface area contributed by atoms with Gasteiger partial charge in [-0.1, -0.05) is 103 Å². The van der Waals surface area contributed by atoms with Crippen LogP contribution in [-0.4, -0.2) is 19.9 Å². The quantitative estimate of drug-likeness (QED) is 0.170. The lowest BCUT2D eigenvalue weighted by molar-refractivity contribution is 1.17. The van der Waals surface area contributed by atoms with Gasteiger partial charge in [0.05, 0.1) is 17.1 Å². The average Bonchev–Trinajstić information content (AvgIpc) is 3.84. The van der Waals surface area contributed by atoms with Crippen molar-refractivity contribution in [1.29, 1.82) is 0 Å². The van der Waals surface area contributed by atoms with E-state index in [0.29, 0.717) is 5.82 Å². The SMILES string of the molecule is c1ccc(-c2cc(-c3cc(-c4ccc5sc6ccccc6c5c4)cc(-c4ccc5sc6ccccc6c5c4)c3)nc(-c3ccc(-c4ccncn4)cc3)n2)cc1. The van der Waals surface area contributed by atoms with Crippen molar-refractivity contribution in [3.63, 3.8) is 0 Å². The van der Waals surface area contributed by atoms with Gasteiger partial charge < -0.3 is 0 Å². The summed E-state index contributed by atoms with van der Waals surface area (Å²) in [6, 6.07) is 60.8. The predicted octanol–water partition coefficient (Wildman–Crippen LogP) is 14.0. The Morgan fingerprint density at radius 2 is 0.821 bits per heavy atom. The van der Waals surface area contributed by atoms with Crippen LogP contribution in [0.2, 0.25) is 0 Å². The van der Waals surface area contributed by atoms with Gasteiger partial charge in [0.25, 0.3) is 0 Å². The van der Waals surface area contributed by atoms with Gasteiger partial charge in [-0.15, -0.1) is 22.7 Å². The summed E-state index contributed by atoms with van der Waals surface area (Å²) in [6.07, 6.45) is 3.34. The third-order valence-corrected chi connectivity index (χ3v) is 12.8. The van der Waals surface area contributed by atoms with Crippen molar-refractivity contribution in [3.05, 3.63) is 182 Å². The zero-order chi connectivity index (χ0) is 37.0. The van der Waals surface area contributed by atoms with E-state index in [1.54, 1.807) is 12.5 Å². The molecule has 6 heteroatoms. The minimum Gasteiger partial charge on any atom is -0.245 e. The van der Waals surface area contributed by atoms with Gasteiger partial charge in [0, 0.05) is 68.8 Å². The number of aromatic nitrogens is 4. The summed E-state index contributed by atoms with van der Waals surface area (Å²) in [5.74, 6) is 0.667. The van der Waals surface area contributed by atoms with E-state index in [9.17, 15) is 0 Å². The highest BCUT2D eigenvalue weighted by atomic mass is 32.1. The van der Waals surface area contributed by atoms with Crippen LogP contribution in [0.1, 0.15) is 0 Å². The molecule has 0 radical (unpaired) electrons. The molecule has 11 rings (SSSR count). The number of hydrogen-bond acceptors (Lipinski definition) is 6. The Balaban J connectivity index is 1.11. The van der Waals surface area contributed by atoms with E-state index in [0.717, 1.165) is 50.5 Å². The van der Waals surface area contributed by atoms with Crippen molar-refractivity contribution in [2.45, 2.75) is 0 Å². The summed E-state index contributed by atoms with van der Waals surface area (Å²) in [4.78, 5) is 19.0. The van der Waals surface area contributed by atoms with E-state index in [1.807, 2.05) is 34.8 Å². The van der Waals surface area contributed by atoms with Crippen molar-refractivity contribution in [1.82, 2.24) is 19.9 Å². The Hall–Kier alpha value is -6.86. The monoisotopic (exact) mass is 750 g/mol. The molecule has 4 aromatic heterocycles. The molecule has 0 N–H and O–H groups in total. The molecule has 0 saturated carbocycles. The topological polar surface area (TPSA) is 51.6 Å². The molecule has 0 fully saturated rings. The summed E-state index contributed by atoms with van der Waals surface area (Å²) >= 11 is 3.69. The summed E-state index contributed by atoms with van der Waals surface area (Å²) in [5, 5.41) is 5.14. The minimum atomic E-state index is 0.667. The molecular formula is C50H30N4S2. The summed E-state index contributed by atoms with van der Waals surface area (Å²) < 4.78 is 5.19. The van der Waals surface area contributed by atoms with Gasteiger partial charge in [-0.25, -0.2) is 19.9 Å². The van der Waals surface area contributed by atoms with Crippen LogP contribution in [0, 0.1) is 0 Å². The Kier molecular flexibility index (Phi) is 7.83. The first-order valence-electron chi connectivity index (χ1n) is 18.5. The molecule has 0 aliphatic heterocycles. The first-order chi connectivity index (χ1) is 27.7. The van der Waals surface area contributed by atoms with Crippen LogP contribution in [0.25, 0.3) is 108 Å². The first-order valence-corrected chi connectivity index (χ1v) is 20.1. The number of rotatable bonds is 6. The normalized spacial score (nSPS) is 11.6. The predicted molar refractivity (Wildman–Crippen MR) is 236 cm³/mol. The molecule has 7 aromatic carbocycles. The van der Waals surface area contributed by atoms with Crippen LogP contribution in [-0.2, 0) is 0 Å². The summed E-state index contributed by atoms with van der Waals surface area (Å²) in [5.41, 5.74) is 11.2. The molecule has 0 unspecified atom stereocenters. The van der Waals surface area contributed by atoms with Gasteiger partial charge in [0.15, 0.2) is 5.82 Å². The van der Waals surface area contributed by atoms with Crippen LogP contribution >= 0.6 is 22.7 Å². The Morgan fingerprint density at radius 1 is 0.321 bits per heavy atom. The van der Waals surface area contributed by atoms with Gasteiger partial charge in [-0.3, -0.25) is 0 Å². The minimum absolute atomic E-state index is 0.667. The first kappa shape index (κ1) is 32.6. The van der Waals surface area contributed by atoms with Gasteiger partial charge in [0.2, 0.25) is 0 Å². The third-order valence-electron chi connectivity index (χ3n) is 10.5. The fraction of sp³-hybridized carbons (Fsp3) is 0. The maximum absolute atomic E-state index is 5.30. The average molecular weight is 751 g/mol. The second kappa shape index (κ2) is 13.5. The lowest BCUT2D eigenvalue weighted by Crippen LogP contribution is -1.97. The van der Waals surface area contributed by atoms with E-state index in [4.69, 9.17) is 9.97 Å². The lowest BCUT2D eigenvalue weighted by atomic mass is 9.93. The molecule has 0 aliphatic rings. The maximum Gasteiger partial charge on any atom is 0.160 e. The molecule has 4 nitrogen and oxygen atoms in total. The van der Waals surface area contributed by atoms with E-state index in [-0.39, 0.29) is 0 Å².